The van der Waals surface area contributed by atoms with Crippen LogP contribution in [0.1, 0.15) is 26.2 Å². The van der Waals surface area contributed by atoms with E-state index in [9.17, 15) is 0 Å². The van der Waals surface area contributed by atoms with Crippen LogP contribution < -0.4 is 10.1 Å². The summed E-state index contributed by atoms with van der Waals surface area (Å²) in [6.45, 7) is 3.31. The molecule has 1 aromatic rings. The van der Waals surface area contributed by atoms with Crippen molar-refractivity contribution < 1.29 is 4.74 Å². The van der Waals surface area contributed by atoms with Crippen molar-refractivity contribution in [3.63, 3.8) is 0 Å². The second-order valence-corrected chi connectivity index (χ2v) is 4.05. The van der Waals surface area contributed by atoms with Crippen LogP contribution in [0.2, 0.25) is 0 Å². The molecule has 0 unspecified atom stereocenters. The molecule has 1 aromatic heterocycles. The summed E-state index contributed by atoms with van der Waals surface area (Å²) in [4.78, 5) is 4.02. The zero-order valence-electron chi connectivity index (χ0n) is 9.15. The summed E-state index contributed by atoms with van der Waals surface area (Å²) in [6, 6.07) is 4.52. The fourth-order valence-electron chi connectivity index (χ4n) is 1.79. The highest BCUT2D eigenvalue weighted by atomic mass is 16.5. The Morgan fingerprint density at radius 3 is 3.07 bits per heavy atom. The zero-order valence-corrected chi connectivity index (χ0v) is 9.15. The molecule has 0 aromatic carbocycles. The van der Waals surface area contributed by atoms with Crippen LogP contribution in [0.15, 0.2) is 24.5 Å². The first-order valence-corrected chi connectivity index (χ1v) is 5.68. The minimum atomic E-state index is 0.378. The number of hydrogen-bond acceptors (Lipinski definition) is 3. The topological polar surface area (TPSA) is 34.1 Å². The van der Waals surface area contributed by atoms with Gasteiger partial charge in [0, 0.05) is 12.2 Å². The first-order chi connectivity index (χ1) is 7.38. The maximum atomic E-state index is 5.76. The van der Waals surface area contributed by atoms with E-state index in [0.29, 0.717) is 12.1 Å². The molecule has 0 spiro atoms. The fourth-order valence-corrected chi connectivity index (χ4v) is 1.79. The maximum absolute atomic E-state index is 5.76. The highest BCUT2D eigenvalue weighted by Crippen LogP contribution is 2.25. The van der Waals surface area contributed by atoms with E-state index in [-0.39, 0.29) is 0 Å². The first-order valence-electron chi connectivity index (χ1n) is 5.68. The van der Waals surface area contributed by atoms with Gasteiger partial charge in [0.1, 0.15) is 11.9 Å². The largest absolute Gasteiger partial charge is 0.489 e. The molecular formula is C12H18N2O. The van der Waals surface area contributed by atoms with Gasteiger partial charge in [-0.25, -0.2) is 0 Å². The van der Waals surface area contributed by atoms with Crippen LogP contribution in [-0.2, 0) is 0 Å². The number of hydrogen-bond donors (Lipinski definition) is 1. The van der Waals surface area contributed by atoms with Gasteiger partial charge in [-0.15, -0.1) is 0 Å². The van der Waals surface area contributed by atoms with Gasteiger partial charge in [0.2, 0.25) is 0 Å². The van der Waals surface area contributed by atoms with E-state index in [1.165, 1.54) is 6.42 Å². The molecule has 3 nitrogen and oxygen atoms in total. The number of nitrogens with zero attached hydrogens (tertiary/aromatic N) is 1. The second kappa shape index (κ2) is 5.12. The summed E-state index contributed by atoms with van der Waals surface area (Å²) in [7, 11) is 0. The van der Waals surface area contributed by atoms with Gasteiger partial charge >= 0.3 is 0 Å². The SMILES string of the molecule is CCCNC1CC(Oc2cccnc2)C1. The van der Waals surface area contributed by atoms with Crippen molar-refractivity contribution in [1.82, 2.24) is 10.3 Å². The lowest BCUT2D eigenvalue weighted by Gasteiger charge is -2.35. The minimum absolute atomic E-state index is 0.378. The molecule has 1 saturated carbocycles. The quantitative estimate of drug-likeness (QED) is 0.800. The van der Waals surface area contributed by atoms with Gasteiger partial charge < -0.3 is 10.1 Å². The predicted molar refractivity (Wildman–Crippen MR) is 60.0 cm³/mol. The van der Waals surface area contributed by atoms with Crippen LogP contribution >= 0.6 is 0 Å². The van der Waals surface area contributed by atoms with Gasteiger partial charge in [0.15, 0.2) is 0 Å². The third kappa shape index (κ3) is 2.93. The standard InChI is InChI=1S/C12H18N2O/c1-2-5-14-10-7-12(8-10)15-11-4-3-6-13-9-11/h3-4,6,9-10,12,14H,2,5,7-8H2,1H3. The van der Waals surface area contributed by atoms with Gasteiger partial charge in [-0.1, -0.05) is 6.92 Å². The molecule has 1 aliphatic rings. The van der Waals surface area contributed by atoms with Crippen molar-refractivity contribution in [2.75, 3.05) is 6.54 Å². The monoisotopic (exact) mass is 206 g/mol. The molecule has 1 N–H and O–H groups in total. The van der Waals surface area contributed by atoms with Crippen LogP contribution in [0.3, 0.4) is 0 Å². The lowest BCUT2D eigenvalue weighted by molar-refractivity contribution is 0.0849. The van der Waals surface area contributed by atoms with Gasteiger partial charge in [0.25, 0.3) is 0 Å². The predicted octanol–water partition coefficient (Wildman–Crippen LogP) is 1.99. The van der Waals surface area contributed by atoms with Crippen molar-refractivity contribution in [3.05, 3.63) is 24.5 Å². The third-order valence-electron chi connectivity index (χ3n) is 2.71. The Labute approximate surface area is 90.9 Å². The Morgan fingerprint density at radius 1 is 1.53 bits per heavy atom. The van der Waals surface area contributed by atoms with E-state index in [2.05, 4.69) is 17.2 Å². The highest BCUT2D eigenvalue weighted by Gasteiger charge is 2.30. The van der Waals surface area contributed by atoms with Gasteiger partial charge in [-0.05, 0) is 37.9 Å². The number of aromatic nitrogens is 1. The molecule has 0 radical (unpaired) electrons. The molecule has 1 fully saturated rings. The van der Waals surface area contributed by atoms with Crippen molar-refractivity contribution in [2.45, 2.75) is 38.3 Å². The smallest absolute Gasteiger partial charge is 0.137 e. The molecule has 0 aliphatic heterocycles. The molecule has 82 valence electrons. The van der Waals surface area contributed by atoms with Crippen molar-refractivity contribution >= 4 is 0 Å². The number of nitrogens with one attached hydrogen (secondary N) is 1. The average Bonchev–Trinajstić information content (AvgIpc) is 2.23. The van der Waals surface area contributed by atoms with Crippen molar-refractivity contribution in [1.29, 1.82) is 0 Å². The molecule has 1 heterocycles. The van der Waals surface area contributed by atoms with E-state index in [0.717, 1.165) is 25.1 Å². The highest BCUT2D eigenvalue weighted by molar-refractivity contribution is 5.16. The first kappa shape index (κ1) is 10.4. The molecule has 3 heteroatoms. The zero-order chi connectivity index (χ0) is 10.5. The maximum Gasteiger partial charge on any atom is 0.137 e. The number of pyridine rings is 1. The number of rotatable bonds is 5. The van der Waals surface area contributed by atoms with E-state index in [4.69, 9.17) is 4.74 Å². The molecule has 0 bridgehead atoms. The van der Waals surface area contributed by atoms with Gasteiger partial charge in [-0.2, -0.15) is 0 Å². The van der Waals surface area contributed by atoms with Crippen LogP contribution in [0.25, 0.3) is 0 Å². The van der Waals surface area contributed by atoms with E-state index in [1.54, 1.807) is 12.4 Å². The van der Waals surface area contributed by atoms with Crippen LogP contribution in [0.5, 0.6) is 5.75 Å². The average molecular weight is 206 g/mol. The summed E-state index contributed by atoms with van der Waals surface area (Å²) in [5.74, 6) is 0.886. The lowest BCUT2D eigenvalue weighted by atomic mass is 9.89. The molecule has 0 amide bonds. The Kier molecular flexibility index (Phi) is 3.56. The summed E-state index contributed by atoms with van der Waals surface area (Å²) < 4.78 is 5.76. The number of ether oxygens (including phenoxy) is 1. The Hall–Kier alpha value is -1.09. The Morgan fingerprint density at radius 2 is 2.40 bits per heavy atom. The molecule has 0 saturated heterocycles. The van der Waals surface area contributed by atoms with Crippen LogP contribution in [0.4, 0.5) is 0 Å². The van der Waals surface area contributed by atoms with Crippen molar-refractivity contribution in [3.8, 4) is 5.75 Å². The summed E-state index contributed by atoms with van der Waals surface area (Å²) in [5.41, 5.74) is 0. The second-order valence-electron chi connectivity index (χ2n) is 4.05. The van der Waals surface area contributed by atoms with Gasteiger partial charge in [-0.3, -0.25) is 4.98 Å². The third-order valence-corrected chi connectivity index (χ3v) is 2.71. The fraction of sp³-hybridized carbons (Fsp3) is 0.583. The van der Waals surface area contributed by atoms with Crippen LogP contribution in [0, 0.1) is 0 Å². The molecule has 2 rings (SSSR count). The van der Waals surface area contributed by atoms with Crippen LogP contribution in [-0.4, -0.2) is 23.7 Å². The van der Waals surface area contributed by atoms with Gasteiger partial charge in [0.05, 0.1) is 6.20 Å². The Bertz CT molecular complexity index is 283. The summed E-state index contributed by atoms with van der Waals surface area (Å²) in [5, 5.41) is 3.49. The molecule has 1 aliphatic carbocycles. The Balaban J connectivity index is 1.68. The summed E-state index contributed by atoms with van der Waals surface area (Å²) in [6.07, 6.45) is 7.35. The molecule has 15 heavy (non-hydrogen) atoms. The molecule has 0 atom stereocenters. The minimum Gasteiger partial charge on any atom is -0.489 e. The molecular weight excluding hydrogens is 188 g/mol. The van der Waals surface area contributed by atoms with Crippen molar-refractivity contribution in [2.24, 2.45) is 0 Å². The normalized spacial score (nSPS) is 24.6. The van der Waals surface area contributed by atoms with E-state index in [1.807, 2.05) is 12.1 Å². The summed E-state index contributed by atoms with van der Waals surface area (Å²) >= 11 is 0. The van der Waals surface area contributed by atoms with E-state index >= 15 is 0 Å². The lowest BCUT2D eigenvalue weighted by Crippen LogP contribution is -2.46. The van der Waals surface area contributed by atoms with E-state index < -0.39 is 0 Å².